The number of piperazine rings is 1. The molecule has 0 aliphatic carbocycles. The molecule has 2 bridgehead atoms. The molecule has 3 heterocycles. The number of likely N-dealkylation sites (N-methyl/N-ethyl adjacent to an activating group) is 1. The summed E-state index contributed by atoms with van der Waals surface area (Å²) in [5, 5.41) is 0. The summed E-state index contributed by atoms with van der Waals surface area (Å²) in [4.78, 5) is 4.79. The lowest BCUT2D eigenvalue weighted by atomic mass is 9.88. The van der Waals surface area contributed by atoms with Crippen LogP contribution in [0.5, 0.6) is 0 Å². The maximum Gasteiger partial charge on any atom is 0.0434 e. The second-order valence-corrected chi connectivity index (χ2v) is 3.39. The highest BCUT2D eigenvalue weighted by molar-refractivity contribution is 5.03. The minimum absolute atomic E-state index is 0.779. The summed E-state index contributed by atoms with van der Waals surface area (Å²) in [6, 6.07) is 1.56. The largest absolute Gasteiger partial charge is 0.369 e. The predicted molar refractivity (Wildman–Crippen MR) is 41.7 cm³/mol. The summed E-state index contributed by atoms with van der Waals surface area (Å²) in [5.74, 6) is 0. The third kappa shape index (κ3) is 0.686. The molecular weight excluding hydrogens is 124 g/mol. The fourth-order valence-corrected chi connectivity index (χ4v) is 2.15. The highest BCUT2D eigenvalue weighted by atomic mass is 15.3. The quantitative estimate of drug-likeness (QED) is 0.521. The number of piperidine rings is 1. The molecule has 0 N–H and O–H groups in total. The fraction of sp³-hybridized carbons (Fsp3) is 0.750. The molecule has 0 amide bonds. The molecule has 2 atom stereocenters. The Labute approximate surface area is 62.1 Å². The van der Waals surface area contributed by atoms with E-state index in [0.29, 0.717) is 0 Å². The van der Waals surface area contributed by atoms with Crippen molar-refractivity contribution < 1.29 is 0 Å². The van der Waals surface area contributed by atoms with Gasteiger partial charge in [0.1, 0.15) is 0 Å². The van der Waals surface area contributed by atoms with E-state index >= 15 is 0 Å². The number of nitrogens with zero attached hydrogens (tertiary/aromatic N) is 2. The van der Waals surface area contributed by atoms with Crippen LogP contribution < -0.4 is 0 Å². The molecule has 3 aliphatic heterocycles. The van der Waals surface area contributed by atoms with E-state index in [-0.39, 0.29) is 0 Å². The monoisotopic (exact) mass is 138 g/mol. The third-order valence-electron chi connectivity index (χ3n) is 2.64. The Kier molecular flexibility index (Phi) is 1.24. The molecule has 2 heteroatoms. The smallest absolute Gasteiger partial charge is 0.0434 e. The average Bonchev–Trinajstić information content (AvgIpc) is 1.87. The molecule has 56 valence electrons. The predicted octanol–water partition coefficient (Wildman–Crippen LogP) is 0.518. The molecule has 0 saturated carbocycles. The number of rotatable bonds is 1. The van der Waals surface area contributed by atoms with E-state index in [1.165, 1.54) is 19.5 Å². The van der Waals surface area contributed by atoms with Crippen molar-refractivity contribution in [1.82, 2.24) is 9.80 Å². The summed E-state index contributed by atoms with van der Waals surface area (Å²) in [6.45, 7) is 6.25. The Morgan fingerprint density at radius 2 is 2.00 bits per heavy atom. The third-order valence-corrected chi connectivity index (χ3v) is 2.64. The van der Waals surface area contributed by atoms with E-state index in [2.05, 4.69) is 23.4 Å². The van der Waals surface area contributed by atoms with Gasteiger partial charge in [-0.2, -0.15) is 0 Å². The van der Waals surface area contributed by atoms with E-state index in [0.717, 1.165) is 12.1 Å². The molecule has 3 saturated heterocycles. The Bertz CT molecular complexity index is 143. The van der Waals surface area contributed by atoms with Gasteiger partial charge in [-0.05, 0) is 19.7 Å². The molecule has 0 spiro atoms. The van der Waals surface area contributed by atoms with E-state index in [1.807, 2.05) is 6.20 Å². The van der Waals surface area contributed by atoms with Crippen molar-refractivity contribution in [3.05, 3.63) is 12.8 Å². The summed E-state index contributed by atoms with van der Waals surface area (Å²) in [5.41, 5.74) is 0. The zero-order valence-electron chi connectivity index (χ0n) is 6.45. The van der Waals surface area contributed by atoms with Gasteiger partial charge in [0, 0.05) is 25.2 Å². The first-order chi connectivity index (χ1) is 4.81. The van der Waals surface area contributed by atoms with Crippen LogP contribution in [0.15, 0.2) is 12.8 Å². The van der Waals surface area contributed by atoms with Gasteiger partial charge in [0.05, 0.1) is 0 Å². The highest BCUT2D eigenvalue weighted by Gasteiger charge is 2.40. The Balaban J connectivity index is 2.02. The van der Waals surface area contributed by atoms with E-state index in [9.17, 15) is 0 Å². The second-order valence-electron chi connectivity index (χ2n) is 3.39. The van der Waals surface area contributed by atoms with Crippen LogP contribution in [0.2, 0.25) is 0 Å². The SMILES string of the molecule is C=CN1C2CC1CN(C)C2. The van der Waals surface area contributed by atoms with Gasteiger partial charge in [0.25, 0.3) is 0 Å². The maximum atomic E-state index is 3.80. The number of hydrogen-bond acceptors (Lipinski definition) is 2. The zero-order chi connectivity index (χ0) is 7.14. The molecule has 0 radical (unpaired) electrons. The molecule has 3 aliphatic rings. The minimum Gasteiger partial charge on any atom is -0.369 e. The van der Waals surface area contributed by atoms with Gasteiger partial charge in [0.15, 0.2) is 0 Å². The lowest BCUT2D eigenvalue weighted by Gasteiger charge is -2.55. The summed E-state index contributed by atoms with van der Waals surface area (Å²) >= 11 is 0. The zero-order valence-corrected chi connectivity index (χ0v) is 6.45. The van der Waals surface area contributed by atoms with E-state index < -0.39 is 0 Å². The van der Waals surface area contributed by atoms with Crippen molar-refractivity contribution in [2.45, 2.75) is 18.5 Å². The topological polar surface area (TPSA) is 6.48 Å². The Morgan fingerprint density at radius 3 is 2.50 bits per heavy atom. The van der Waals surface area contributed by atoms with Crippen LogP contribution in [-0.2, 0) is 0 Å². The minimum atomic E-state index is 0.779. The molecule has 2 unspecified atom stereocenters. The Morgan fingerprint density at radius 1 is 1.40 bits per heavy atom. The van der Waals surface area contributed by atoms with Crippen molar-refractivity contribution in [3.8, 4) is 0 Å². The molecule has 2 nitrogen and oxygen atoms in total. The maximum absolute atomic E-state index is 3.80. The molecule has 0 aromatic carbocycles. The normalized spacial score (nSPS) is 39.1. The van der Waals surface area contributed by atoms with Crippen molar-refractivity contribution in [2.75, 3.05) is 20.1 Å². The first-order valence-corrected chi connectivity index (χ1v) is 3.90. The highest BCUT2D eigenvalue weighted by Crippen LogP contribution is 2.31. The molecule has 3 fully saturated rings. The van der Waals surface area contributed by atoms with Gasteiger partial charge in [-0.1, -0.05) is 6.58 Å². The van der Waals surface area contributed by atoms with Crippen molar-refractivity contribution in [1.29, 1.82) is 0 Å². The van der Waals surface area contributed by atoms with Gasteiger partial charge in [-0.3, -0.25) is 0 Å². The molecule has 0 aromatic heterocycles. The molecule has 0 aromatic rings. The molecule has 10 heavy (non-hydrogen) atoms. The van der Waals surface area contributed by atoms with E-state index in [4.69, 9.17) is 0 Å². The summed E-state index contributed by atoms with van der Waals surface area (Å²) in [6.07, 6.45) is 3.38. The lowest BCUT2D eigenvalue weighted by molar-refractivity contribution is -0.0235. The fourth-order valence-electron chi connectivity index (χ4n) is 2.15. The molecular formula is C8H14N2. The van der Waals surface area contributed by atoms with Crippen LogP contribution in [-0.4, -0.2) is 42.0 Å². The van der Waals surface area contributed by atoms with Gasteiger partial charge in [0.2, 0.25) is 0 Å². The van der Waals surface area contributed by atoms with Gasteiger partial charge >= 0.3 is 0 Å². The standard InChI is InChI=1S/C8H14N2/c1-3-10-7-4-8(10)6-9(2)5-7/h3,7-8H,1,4-6H2,2H3. The van der Waals surface area contributed by atoms with Crippen molar-refractivity contribution in [3.63, 3.8) is 0 Å². The van der Waals surface area contributed by atoms with Crippen LogP contribution in [0.25, 0.3) is 0 Å². The van der Waals surface area contributed by atoms with Crippen LogP contribution in [0, 0.1) is 0 Å². The van der Waals surface area contributed by atoms with Crippen LogP contribution in [0.1, 0.15) is 6.42 Å². The first-order valence-electron chi connectivity index (χ1n) is 3.90. The molecule has 3 rings (SSSR count). The lowest BCUT2D eigenvalue weighted by Crippen LogP contribution is -2.65. The summed E-state index contributed by atoms with van der Waals surface area (Å²) in [7, 11) is 2.19. The van der Waals surface area contributed by atoms with Gasteiger partial charge in [-0.15, -0.1) is 0 Å². The van der Waals surface area contributed by atoms with Crippen molar-refractivity contribution in [2.24, 2.45) is 0 Å². The van der Waals surface area contributed by atoms with Crippen LogP contribution >= 0.6 is 0 Å². The summed E-state index contributed by atoms with van der Waals surface area (Å²) < 4.78 is 0. The van der Waals surface area contributed by atoms with Gasteiger partial charge in [-0.25, -0.2) is 0 Å². The van der Waals surface area contributed by atoms with Crippen molar-refractivity contribution >= 4 is 0 Å². The first kappa shape index (κ1) is 6.23. The van der Waals surface area contributed by atoms with Crippen LogP contribution in [0.3, 0.4) is 0 Å². The average molecular weight is 138 g/mol. The van der Waals surface area contributed by atoms with E-state index in [1.54, 1.807) is 0 Å². The number of fused-ring (bicyclic) bond motifs is 2. The Hall–Kier alpha value is -0.500. The number of hydrogen-bond donors (Lipinski definition) is 0. The van der Waals surface area contributed by atoms with Gasteiger partial charge < -0.3 is 9.80 Å². The van der Waals surface area contributed by atoms with Crippen LogP contribution in [0.4, 0.5) is 0 Å². The second kappa shape index (κ2) is 1.99.